The summed E-state index contributed by atoms with van der Waals surface area (Å²) in [7, 11) is -2.65. The van der Waals surface area contributed by atoms with E-state index in [1.165, 1.54) is 24.1 Å². The summed E-state index contributed by atoms with van der Waals surface area (Å²) < 4.78 is 28.6. The topological polar surface area (TPSA) is 86.8 Å². The average Bonchev–Trinajstić information content (AvgIpc) is 2.88. The number of rotatable bonds is 10. The van der Waals surface area contributed by atoms with Crippen molar-refractivity contribution in [3.05, 3.63) is 94.0 Å². The molecular formula is C27H29Cl2N3O4S. The number of hydrogen-bond donors (Lipinski definition) is 1. The van der Waals surface area contributed by atoms with Gasteiger partial charge in [0.05, 0.1) is 10.6 Å². The van der Waals surface area contributed by atoms with E-state index < -0.39 is 28.5 Å². The highest BCUT2D eigenvalue weighted by Crippen LogP contribution is 2.29. The van der Waals surface area contributed by atoms with E-state index >= 15 is 0 Å². The van der Waals surface area contributed by atoms with Crippen molar-refractivity contribution in [3.63, 3.8) is 0 Å². The first kappa shape index (κ1) is 28.5. The molecule has 3 aromatic carbocycles. The number of nitrogens with zero attached hydrogens (tertiary/aromatic N) is 2. The molecule has 0 fully saturated rings. The molecule has 0 saturated heterocycles. The van der Waals surface area contributed by atoms with Crippen molar-refractivity contribution in [1.82, 2.24) is 10.2 Å². The second kappa shape index (κ2) is 12.4. The zero-order chi connectivity index (χ0) is 27.2. The molecule has 0 aliphatic carbocycles. The van der Waals surface area contributed by atoms with E-state index in [-0.39, 0.29) is 17.3 Å². The van der Waals surface area contributed by atoms with E-state index in [1.54, 1.807) is 74.5 Å². The molecule has 3 aromatic rings. The van der Waals surface area contributed by atoms with Gasteiger partial charge in [-0.1, -0.05) is 66.5 Å². The van der Waals surface area contributed by atoms with E-state index in [0.717, 1.165) is 4.31 Å². The molecule has 3 rings (SSSR count). The maximum Gasteiger partial charge on any atom is 0.264 e. The maximum absolute atomic E-state index is 13.9. The predicted molar refractivity (Wildman–Crippen MR) is 147 cm³/mol. The van der Waals surface area contributed by atoms with Gasteiger partial charge in [0, 0.05) is 23.6 Å². The van der Waals surface area contributed by atoms with Gasteiger partial charge >= 0.3 is 0 Å². The van der Waals surface area contributed by atoms with Crippen LogP contribution in [0, 0.1) is 6.92 Å². The van der Waals surface area contributed by atoms with Crippen LogP contribution >= 0.6 is 23.2 Å². The average molecular weight is 563 g/mol. The van der Waals surface area contributed by atoms with Crippen LogP contribution in [-0.2, 0) is 26.2 Å². The number of carbonyl (C=O) groups is 2. The second-order valence-corrected chi connectivity index (χ2v) is 11.1. The summed E-state index contributed by atoms with van der Waals surface area (Å²) >= 11 is 12.5. The highest BCUT2D eigenvalue weighted by atomic mass is 35.5. The second-order valence-electron chi connectivity index (χ2n) is 8.41. The molecule has 1 atom stereocenters. The molecular weight excluding hydrogens is 533 g/mol. The van der Waals surface area contributed by atoms with Gasteiger partial charge in [0.15, 0.2) is 0 Å². The summed E-state index contributed by atoms with van der Waals surface area (Å²) in [6.07, 6.45) is 0.321. The van der Waals surface area contributed by atoms with E-state index in [1.807, 2.05) is 0 Å². The number of halogens is 2. The summed E-state index contributed by atoms with van der Waals surface area (Å²) in [4.78, 5) is 28.0. The first-order chi connectivity index (χ1) is 17.6. The van der Waals surface area contributed by atoms with Gasteiger partial charge in [-0.25, -0.2) is 8.42 Å². The fourth-order valence-electron chi connectivity index (χ4n) is 4.03. The number of likely N-dealkylation sites (N-methyl/N-ethyl adjacent to an activating group) is 1. The third-order valence-corrected chi connectivity index (χ3v) is 8.35. The Labute approximate surface area is 228 Å². The van der Waals surface area contributed by atoms with E-state index in [4.69, 9.17) is 23.2 Å². The Morgan fingerprint density at radius 1 is 0.973 bits per heavy atom. The van der Waals surface area contributed by atoms with Crippen LogP contribution in [0.3, 0.4) is 0 Å². The van der Waals surface area contributed by atoms with Gasteiger partial charge in [0.2, 0.25) is 11.8 Å². The Morgan fingerprint density at radius 2 is 1.62 bits per heavy atom. The van der Waals surface area contributed by atoms with Crippen LogP contribution in [0.5, 0.6) is 0 Å². The summed E-state index contributed by atoms with van der Waals surface area (Å²) in [5, 5.41) is 3.48. The lowest BCUT2D eigenvalue weighted by atomic mass is 10.1. The van der Waals surface area contributed by atoms with Crippen molar-refractivity contribution >= 4 is 50.7 Å². The maximum atomic E-state index is 13.9. The zero-order valence-electron chi connectivity index (χ0n) is 20.8. The minimum absolute atomic E-state index is 0.0310. The Balaban J connectivity index is 2.10. The molecule has 0 aromatic heterocycles. The molecule has 7 nitrogen and oxygen atoms in total. The van der Waals surface area contributed by atoms with Crippen LogP contribution in [0.1, 0.15) is 24.5 Å². The summed E-state index contributed by atoms with van der Waals surface area (Å²) in [6, 6.07) is 18.8. The van der Waals surface area contributed by atoms with Gasteiger partial charge in [-0.3, -0.25) is 13.9 Å². The van der Waals surface area contributed by atoms with Gasteiger partial charge < -0.3 is 10.2 Å². The van der Waals surface area contributed by atoms with Crippen LogP contribution in [-0.4, -0.2) is 44.8 Å². The number of aryl methyl sites for hydroxylation is 1. The quantitative estimate of drug-likeness (QED) is 0.375. The molecule has 0 aliphatic heterocycles. The molecule has 1 unspecified atom stereocenters. The molecule has 0 spiro atoms. The normalized spacial score (nSPS) is 12.0. The SMILES string of the molecule is CCC(C(=O)NC)N(Cc1ccccc1Cl)C(=O)CN(c1ccc(Cl)cc1C)S(=O)(=O)c1ccccc1. The van der Waals surface area contributed by atoms with E-state index in [9.17, 15) is 18.0 Å². The van der Waals surface area contributed by atoms with Crippen LogP contribution in [0.25, 0.3) is 0 Å². The molecule has 2 amide bonds. The molecule has 0 radical (unpaired) electrons. The smallest absolute Gasteiger partial charge is 0.264 e. The molecule has 0 saturated carbocycles. The Bertz CT molecular complexity index is 1370. The van der Waals surface area contributed by atoms with Crippen LogP contribution in [0.2, 0.25) is 10.0 Å². The lowest BCUT2D eigenvalue weighted by Gasteiger charge is -2.33. The highest BCUT2D eigenvalue weighted by Gasteiger charge is 2.34. The molecule has 1 N–H and O–H groups in total. The molecule has 0 aliphatic rings. The minimum atomic E-state index is -4.14. The summed E-state index contributed by atoms with van der Waals surface area (Å²) in [6.45, 7) is 3.01. The lowest BCUT2D eigenvalue weighted by Crippen LogP contribution is -2.51. The molecule has 0 heterocycles. The van der Waals surface area contributed by atoms with Crippen LogP contribution in [0.15, 0.2) is 77.7 Å². The van der Waals surface area contributed by atoms with Crippen LogP contribution in [0.4, 0.5) is 5.69 Å². The van der Waals surface area contributed by atoms with E-state index in [0.29, 0.717) is 33.3 Å². The standard InChI is InChI=1S/C27H29Cl2N3O4S/c1-4-24(27(34)30-3)31(17-20-10-8-9-13-23(20)29)26(33)18-32(25-15-14-21(28)16-19(25)2)37(35,36)22-11-6-5-7-12-22/h5-16,24H,4,17-18H2,1-3H3,(H,30,34). The Morgan fingerprint density at radius 3 is 2.22 bits per heavy atom. The van der Waals surface area contributed by atoms with Gasteiger partial charge in [-0.05, 0) is 60.9 Å². The number of sulfonamides is 1. The summed E-state index contributed by atoms with van der Waals surface area (Å²) in [5.41, 5.74) is 1.53. The number of nitrogens with one attached hydrogen (secondary N) is 1. The number of anilines is 1. The van der Waals surface area contributed by atoms with Crippen molar-refractivity contribution in [2.75, 3.05) is 17.9 Å². The predicted octanol–water partition coefficient (Wildman–Crippen LogP) is 5.05. The first-order valence-corrected chi connectivity index (χ1v) is 13.9. The van der Waals surface area contributed by atoms with Crippen molar-refractivity contribution in [2.45, 2.75) is 37.8 Å². The third-order valence-electron chi connectivity index (χ3n) is 5.97. The molecule has 0 bridgehead atoms. The largest absolute Gasteiger partial charge is 0.357 e. The zero-order valence-corrected chi connectivity index (χ0v) is 23.1. The van der Waals surface area contributed by atoms with Gasteiger partial charge in [-0.15, -0.1) is 0 Å². The van der Waals surface area contributed by atoms with Crippen molar-refractivity contribution < 1.29 is 18.0 Å². The number of hydrogen-bond acceptors (Lipinski definition) is 4. The van der Waals surface area contributed by atoms with Gasteiger partial charge in [0.25, 0.3) is 10.0 Å². The Kier molecular flexibility index (Phi) is 9.59. The number of carbonyl (C=O) groups excluding carboxylic acids is 2. The lowest BCUT2D eigenvalue weighted by molar-refractivity contribution is -0.140. The molecule has 10 heteroatoms. The van der Waals surface area contributed by atoms with Crippen molar-refractivity contribution in [1.29, 1.82) is 0 Å². The number of amides is 2. The van der Waals surface area contributed by atoms with Crippen molar-refractivity contribution in [3.8, 4) is 0 Å². The first-order valence-electron chi connectivity index (χ1n) is 11.7. The van der Waals surface area contributed by atoms with Gasteiger partial charge in [-0.2, -0.15) is 0 Å². The van der Waals surface area contributed by atoms with E-state index in [2.05, 4.69) is 5.32 Å². The molecule has 37 heavy (non-hydrogen) atoms. The van der Waals surface area contributed by atoms with Crippen molar-refractivity contribution in [2.24, 2.45) is 0 Å². The highest BCUT2D eigenvalue weighted by molar-refractivity contribution is 7.92. The fourth-order valence-corrected chi connectivity index (χ4v) is 5.95. The monoisotopic (exact) mass is 561 g/mol. The number of benzene rings is 3. The molecule has 196 valence electrons. The Hall–Kier alpha value is -3.07. The van der Waals surface area contributed by atoms with Crippen LogP contribution < -0.4 is 9.62 Å². The minimum Gasteiger partial charge on any atom is -0.357 e. The van der Waals surface area contributed by atoms with Gasteiger partial charge in [0.1, 0.15) is 12.6 Å². The summed E-state index contributed by atoms with van der Waals surface area (Å²) in [5.74, 6) is -0.910. The fraction of sp³-hybridized carbons (Fsp3) is 0.259. The third kappa shape index (κ3) is 6.63.